The third-order valence-electron chi connectivity index (χ3n) is 6.22. The molecule has 2 rings (SSSR count). The van der Waals surface area contributed by atoms with Crippen LogP contribution in [0.5, 0.6) is 11.5 Å². The van der Waals surface area contributed by atoms with Gasteiger partial charge in [0.25, 0.3) is 0 Å². The molecule has 28 heavy (non-hydrogen) atoms. The van der Waals surface area contributed by atoms with Gasteiger partial charge in [-0.2, -0.15) is 0 Å². The van der Waals surface area contributed by atoms with Gasteiger partial charge in [0.1, 0.15) is 17.1 Å². The van der Waals surface area contributed by atoms with Crippen LogP contribution in [0.4, 0.5) is 0 Å². The third-order valence-corrected chi connectivity index (χ3v) is 6.22. The lowest BCUT2D eigenvalue weighted by Crippen LogP contribution is -2.34. The van der Waals surface area contributed by atoms with E-state index in [2.05, 4.69) is 61.5 Å². The molecule has 1 aromatic rings. The Kier molecular flexibility index (Phi) is 7.16. The Labute approximate surface area is 174 Å². The fraction of sp³-hybridized carbons (Fsp3) is 0.769. The van der Waals surface area contributed by atoms with Crippen LogP contribution >= 0.6 is 0 Å². The summed E-state index contributed by atoms with van der Waals surface area (Å²) in [5, 5.41) is 11.3. The molecule has 0 bridgehead atoms. The van der Waals surface area contributed by atoms with E-state index in [-0.39, 0.29) is 16.4 Å². The molecule has 1 heterocycles. The van der Waals surface area contributed by atoms with Gasteiger partial charge < -0.3 is 9.84 Å². The molecule has 2 heteroatoms. The van der Waals surface area contributed by atoms with Crippen molar-refractivity contribution in [3.63, 3.8) is 0 Å². The van der Waals surface area contributed by atoms with Crippen LogP contribution in [0.3, 0.4) is 0 Å². The Morgan fingerprint density at radius 2 is 1.43 bits per heavy atom. The Bertz CT molecular complexity index is 648. The molecule has 2 nitrogen and oxygen atoms in total. The van der Waals surface area contributed by atoms with Crippen LogP contribution in [-0.4, -0.2) is 10.7 Å². The summed E-state index contributed by atoms with van der Waals surface area (Å²) in [5.74, 6) is 1.51. The van der Waals surface area contributed by atoms with Gasteiger partial charge in [-0.1, -0.05) is 81.1 Å². The van der Waals surface area contributed by atoms with Crippen LogP contribution in [0.15, 0.2) is 6.07 Å². The number of benzene rings is 1. The van der Waals surface area contributed by atoms with Crippen molar-refractivity contribution in [3.8, 4) is 11.5 Å². The number of rotatable bonds is 8. The van der Waals surface area contributed by atoms with Gasteiger partial charge in [-0.25, -0.2) is 0 Å². The molecule has 0 saturated heterocycles. The minimum atomic E-state index is -0.113. The lowest BCUT2D eigenvalue weighted by Gasteiger charge is -2.29. The van der Waals surface area contributed by atoms with E-state index in [4.69, 9.17) is 4.74 Å². The summed E-state index contributed by atoms with van der Waals surface area (Å²) in [7, 11) is 0. The van der Waals surface area contributed by atoms with E-state index >= 15 is 0 Å². The first-order chi connectivity index (χ1) is 12.9. The number of aromatic hydroxyl groups is 1. The smallest absolute Gasteiger partial charge is 0.124 e. The molecule has 0 spiro atoms. The number of phenolic OH excluding ortho intramolecular Hbond substituents is 1. The van der Waals surface area contributed by atoms with Gasteiger partial charge in [0, 0.05) is 23.1 Å². The molecule has 0 radical (unpaired) electrons. The third kappa shape index (κ3) is 5.05. The number of hydrogen-bond donors (Lipinski definition) is 1. The van der Waals surface area contributed by atoms with Crippen molar-refractivity contribution < 1.29 is 9.84 Å². The van der Waals surface area contributed by atoms with Gasteiger partial charge in [-0.05, 0) is 42.6 Å². The van der Waals surface area contributed by atoms with Crippen LogP contribution in [-0.2, 0) is 17.3 Å². The Balaban J connectivity index is 2.50. The van der Waals surface area contributed by atoms with Crippen molar-refractivity contribution in [2.75, 3.05) is 0 Å². The van der Waals surface area contributed by atoms with Crippen LogP contribution in [0.25, 0.3) is 0 Å². The lowest BCUT2D eigenvalue weighted by atomic mass is 9.75. The molecule has 0 atom stereocenters. The summed E-state index contributed by atoms with van der Waals surface area (Å²) in [6.07, 6.45) is 10.6. The highest BCUT2D eigenvalue weighted by atomic mass is 16.5. The number of ether oxygens (including phenoxy) is 1. The Hall–Kier alpha value is -1.18. The van der Waals surface area contributed by atoms with Gasteiger partial charge in [0.05, 0.1) is 0 Å². The van der Waals surface area contributed by atoms with Crippen molar-refractivity contribution in [3.05, 3.63) is 22.8 Å². The molecule has 1 aliphatic rings. The average molecular weight is 389 g/mol. The van der Waals surface area contributed by atoms with E-state index in [0.29, 0.717) is 5.75 Å². The number of phenols is 1. The molecule has 0 aliphatic carbocycles. The summed E-state index contributed by atoms with van der Waals surface area (Å²) >= 11 is 0. The van der Waals surface area contributed by atoms with Crippen LogP contribution in [0, 0.1) is 0 Å². The van der Waals surface area contributed by atoms with Gasteiger partial charge in [-0.15, -0.1) is 0 Å². The van der Waals surface area contributed by atoms with E-state index in [0.717, 1.165) is 36.1 Å². The van der Waals surface area contributed by atoms with Crippen molar-refractivity contribution in [1.29, 1.82) is 0 Å². The Morgan fingerprint density at radius 1 is 0.893 bits per heavy atom. The highest BCUT2D eigenvalue weighted by molar-refractivity contribution is 5.59. The first-order valence-electron chi connectivity index (χ1n) is 11.5. The monoisotopic (exact) mass is 388 g/mol. The largest absolute Gasteiger partial charge is 0.507 e. The van der Waals surface area contributed by atoms with Crippen molar-refractivity contribution >= 4 is 0 Å². The molecule has 0 unspecified atom stereocenters. The minimum absolute atomic E-state index is 0.0877. The van der Waals surface area contributed by atoms with Gasteiger partial charge in [0.15, 0.2) is 0 Å². The second-order valence-electron chi connectivity index (χ2n) is 11.0. The highest BCUT2D eigenvalue weighted by Gasteiger charge is 2.43. The summed E-state index contributed by atoms with van der Waals surface area (Å²) < 4.78 is 6.80. The molecule has 160 valence electrons. The van der Waals surface area contributed by atoms with Crippen LogP contribution in [0.2, 0.25) is 0 Å². The summed E-state index contributed by atoms with van der Waals surface area (Å²) in [6.45, 7) is 17.7. The maximum Gasteiger partial charge on any atom is 0.124 e. The minimum Gasteiger partial charge on any atom is -0.507 e. The first-order valence-corrected chi connectivity index (χ1v) is 11.5. The summed E-state index contributed by atoms with van der Waals surface area (Å²) in [5.41, 5.74) is 3.05. The van der Waals surface area contributed by atoms with E-state index < -0.39 is 0 Å². The molecule has 1 N–H and O–H groups in total. The second-order valence-corrected chi connectivity index (χ2v) is 11.0. The number of hydrogen-bond acceptors (Lipinski definition) is 2. The molecule has 1 aromatic carbocycles. The van der Waals surface area contributed by atoms with Crippen molar-refractivity contribution in [2.24, 2.45) is 0 Å². The van der Waals surface area contributed by atoms with Gasteiger partial charge >= 0.3 is 0 Å². The zero-order chi connectivity index (χ0) is 21.2. The Morgan fingerprint density at radius 3 is 1.86 bits per heavy atom. The topological polar surface area (TPSA) is 29.5 Å². The normalized spacial score (nSPS) is 16.1. The fourth-order valence-electron chi connectivity index (χ4n) is 4.72. The summed E-state index contributed by atoms with van der Waals surface area (Å²) in [6, 6.07) is 2.14. The first kappa shape index (κ1) is 23.1. The highest BCUT2D eigenvalue weighted by Crippen LogP contribution is 2.51. The quantitative estimate of drug-likeness (QED) is 0.460. The number of fused-ring (bicyclic) bond motifs is 1. The van der Waals surface area contributed by atoms with Crippen LogP contribution in [0.1, 0.15) is 123 Å². The number of unbranched alkanes of at least 4 members (excludes halogenated alkanes) is 4. The molecule has 0 fully saturated rings. The maximum absolute atomic E-state index is 11.3. The van der Waals surface area contributed by atoms with E-state index in [1.54, 1.807) is 0 Å². The average Bonchev–Trinajstić information content (AvgIpc) is 2.90. The molecular formula is C26H44O2. The predicted octanol–water partition coefficient (Wildman–Crippen LogP) is 7.82. The van der Waals surface area contributed by atoms with E-state index in [1.165, 1.54) is 44.1 Å². The maximum atomic E-state index is 11.3. The molecule has 0 aromatic heterocycles. The SMILES string of the molecule is CCCCCC1(CCCCC)Cc2c(cc(C(C)(C)C)c(O)c2C(C)(C)C)O1. The molecule has 1 aliphatic heterocycles. The zero-order valence-corrected chi connectivity index (χ0v) is 19.8. The molecular weight excluding hydrogens is 344 g/mol. The van der Waals surface area contributed by atoms with Crippen molar-refractivity contribution in [2.45, 2.75) is 130 Å². The zero-order valence-electron chi connectivity index (χ0n) is 19.8. The molecule has 0 saturated carbocycles. The van der Waals surface area contributed by atoms with Gasteiger partial charge in [-0.3, -0.25) is 0 Å². The van der Waals surface area contributed by atoms with Gasteiger partial charge in [0.2, 0.25) is 0 Å². The molecule has 0 amide bonds. The van der Waals surface area contributed by atoms with Crippen molar-refractivity contribution in [1.82, 2.24) is 0 Å². The predicted molar refractivity (Wildman–Crippen MR) is 121 cm³/mol. The summed E-state index contributed by atoms with van der Waals surface area (Å²) in [4.78, 5) is 0. The van der Waals surface area contributed by atoms with Crippen LogP contribution < -0.4 is 4.74 Å². The fourth-order valence-corrected chi connectivity index (χ4v) is 4.72. The lowest BCUT2D eigenvalue weighted by molar-refractivity contribution is 0.0686. The standard InChI is InChI=1S/C26H44O2/c1-9-11-13-15-26(16-14-12-10-2)18-19-21(28-26)17-20(24(3,4)5)23(27)22(19)25(6,7)8/h17,27H,9-16,18H2,1-8H3. The van der Waals surface area contributed by atoms with E-state index in [9.17, 15) is 5.11 Å². The second kappa shape index (κ2) is 8.67. The van der Waals surface area contributed by atoms with E-state index in [1.807, 2.05) is 0 Å².